The van der Waals surface area contributed by atoms with Gasteiger partial charge in [0.25, 0.3) is 0 Å². The number of carbonyl (C=O) groups excluding carboxylic acids is 1. The summed E-state index contributed by atoms with van der Waals surface area (Å²) in [7, 11) is 1.58. The normalized spacial score (nSPS) is 12.7. The van der Waals surface area contributed by atoms with Gasteiger partial charge < -0.3 is 14.8 Å². The molecule has 0 aromatic heterocycles. The van der Waals surface area contributed by atoms with Gasteiger partial charge in [0, 0.05) is 0 Å². The van der Waals surface area contributed by atoms with Gasteiger partial charge in [-0.2, -0.15) is 0 Å². The average molecular weight is 282 g/mol. The van der Waals surface area contributed by atoms with E-state index < -0.39 is 17.8 Å². The van der Waals surface area contributed by atoms with Gasteiger partial charge in [-0.3, -0.25) is 4.84 Å². The Morgan fingerprint density at radius 3 is 2.65 bits per heavy atom. The van der Waals surface area contributed by atoms with Gasteiger partial charge in [-0.05, 0) is 38.5 Å². The monoisotopic (exact) mass is 282 g/mol. The summed E-state index contributed by atoms with van der Waals surface area (Å²) in [4.78, 5) is 16.5. The van der Waals surface area contributed by atoms with E-state index >= 15 is 0 Å². The van der Waals surface area contributed by atoms with E-state index in [0.29, 0.717) is 5.75 Å². The van der Waals surface area contributed by atoms with Gasteiger partial charge in [-0.1, -0.05) is 12.1 Å². The van der Waals surface area contributed by atoms with Crippen LogP contribution in [0.15, 0.2) is 24.3 Å². The molecule has 1 aromatic carbocycles. The van der Waals surface area contributed by atoms with Gasteiger partial charge >= 0.3 is 6.09 Å². The van der Waals surface area contributed by atoms with E-state index in [1.165, 1.54) is 0 Å². The number of hydrogen-bond acceptors (Lipinski definition) is 5. The highest BCUT2D eigenvalue weighted by Gasteiger charge is 2.18. The average Bonchev–Trinajstić information content (AvgIpc) is 2.37. The molecule has 0 aliphatic rings. The van der Waals surface area contributed by atoms with Crippen LogP contribution in [-0.2, 0) is 9.57 Å². The molecule has 112 valence electrons. The standard InChI is InChI=1S/C14H22N2O4/c1-14(2,3)19-13(17)16-9-12(20-15)10-6-5-7-11(8-10)18-4/h5-8,12H,9,15H2,1-4H3,(H,16,17). The Kier molecular flexibility index (Phi) is 5.79. The predicted octanol–water partition coefficient (Wildman–Crippen LogP) is 2.15. The fraction of sp³-hybridized carbons (Fsp3) is 0.500. The lowest BCUT2D eigenvalue weighted by molar-refractivity contribution is 0.0340. The maximum absolute atomic E-state index is 11.6. The third-order valence-corrected chi connectivity index (χ3v) is 2.46. The first kappa shape index (κ1) is 16.3. The van der Waals surface area contributed by atoms with Gasteiger partial charge in [0.1, 0.15) is 17.5 Å². The quantitative estimate of drug-likeness (QED) is 0.809. The summed E-state index contributed by atoms with van der Waals surface area (Å²) in [6, 6.07) is 7.29. The van der Waals surface area contributed by atoms with Gasteiger partial charge in [-0.15, -0.1) is 0 Å². The van der Waals surface area contributed by atoms with Gasteiger partial charge in [0.05, 0.1) is 13.7 Å². The zero-order valence-corrected chi connectivity index (χ0v) is 12.3. The van der Waals surface area contributed by atoms with Crippen LogP contribution in [0.2, 0.25) is 0 Å². The van der Waals surface area contributed by atoms with Crippen LogP contribution in [0.1, 0.15) is 32.4 Å². The second-order valence-electron chi connectivity index (χ2n) is 5.28. The minimum atomic E-state index is -0.543. The Hall–Kier alpha value is -1.79. The van der Waals surface area contributed by atoms with E-state index in [1.807, 2.05) is 18.2 Å². The minimum absolute atomic E-state index is 0.207. The molecule has 0 radical (unpaired) electrons. The van der Waals surface area contributed by atoms with Crippen molar-refractivity contribution in [1.29, 1.82) is 0 Å². The molecular weight excluding hydrogens is 260 g/mol. The highest BCUT2D eigenvalue weighted by molar-refractivity contribution is 5.67. The summed E-state index contributed by atoms with van der Waals surface area (Å²) < 4.78 is 10.3. The fourth-order valence-corrected chi connectivity index (χ4v) is 1.58. The molecule has 0 fully saturated rings. The lowest BCUT2D eigenvalue weighted by Crippen LogP contribution is -2.35. The van der Waals surface area contributed by atoms with Crippen molar-refractivity contribution < 1.29 is 19.1 Å². The van der Waals surface area contributed by atoms with Crippen LogP contribution in [0, 0.1) is 0 Å². The Morgan fingerprint density at radius 2 is 2.10 bits per heavy atom. The van der Waals surface area contributed by atoms with E-state index in [1.54, 1.807) is 33.9 Å². The van der Waals surface area contributed by atoms with E-state index in [0.717, 1.165) is 5.56 Å². The molecule has 0 heterocycles. The molecule has 0 saturated heterocycles. The summed E-state index contributed by atoms with van der Waals surface area (Å²) in [5.74, 6) is 5.97. The fourth-order valence-electron chi connectivity index (χ4n) is 1.58. The Balaban J connectivity index is 2.61. The molecule has 1 aromatic rings. The van der Waals surface area contributed by atoms with Crippen LogP contribution >= 0.6 is 0 Å². The molecule has 1 atom stereocenters. The van der Waals surface area contributed by atoms with Crippen molar-refractivity contribution in [3.05, 3.63) is 29.8 Å². The first-order chi connectivity index (χ1) is 9.35. The van der Waals surface area contributed by atoms with E-state index in [4.69, 9.17) is 20.2 Å². The smallest absolute Gasteiger partial charge is 0.407 e. The zero-order valence-electron chi connectivity index (χ0n) is 12.3. The van der Waals surface area contributed by atoms with Crippen LogP contribution in [-0.4, -0.2) is 25.3 Å². The molecule has 0 aliphatic heterocycles. The number of methoxy groups -OCH3 is 1. The predicted molar refractivity (Wildman–Crippen MR) is 75.2 cm³/mol. The number of carbonyl (C=O) groups is 1. The minimum Gasteiger partial charge on any atom is -0.497 e. The number of amides is 1. The third-order valence-electron chi connectivity index (χ3n) is 2.46. The number of nitrogens with one attached hydrogen (secondary N) is 1. The molecule has 1 unspecified atom stereocenters. The maximum Gasteiger partial charge on any atom is 0.407 e. The SMILES string of the molecule is COc1cccc(C(CNC(=O)OC(C)(C)C)ON)c1. The molecule has 20 heavy (non-hydrogen) atoms. The van der Waals surface area contributed by atoms with Crippen molar-refractivity contribution in [1.82, 2.24) is 5.32 Å². The first-order valence-corrected chi connectivity index (χ1v) is 6.32. The molecule has 0 saturated carbocycles. The zero-order chi connectivity index (χ0) is 15.2. The number of benzene rings is 1. The maximum atomic E-state index is 11.6. The van der Waals surface area contributed by atoms with Gasteiger partial charge in [0.2, 0.25) is 0 Å². The Labute approximate surface area is 119 Å². The second-order valence-corrected chi connectivity index (χ2v) is 5.28. The largest absolute Gasteiger partial charge is 0.497 e. The number of hydrogen-bond donors (Lipinski definition) is 2. The number of rotatable bonds is 5. The van der Waals surface area contributed by atoms with Gasteiger partial charge in [0.15, 0.2) is 0 Å². The number of alkyl carbamates (subject to hydrolysis) is 1. The van der Waals surface area contributed by atoms with Crippen LogP contribution in [0.3, 0.4) is 0 Å². The van der Waals surface area contributed by atoms with E-state index in [-0.39, 0.29) is 6.54 Å². The molecule has 0 spiro atoms. The molecule has 3 N–H and O–H groups in total. The van der Waals surface area contributed by atoms with Crippen molar-refractivity contribution in [2.24, 2.45) is 5.90 Å². The van der Waals surface area contributed by atoms with E-state index in [2.05, 4.69) is 5.32 Å². The highest BCUT2D eigenvalue weighted by atomic mass is 16.6. The lowest BCUT2D eigenvalue weighted by Gasteiger charge is -2.21. The van der Waals surface area contributed by atoms with Crippen LogP contribution in [0.4, 0.5) is 4.79 Å². The van der Waals surface area contributed by atoms with Crippen molar-refractivity contribution in [2.45, 2.75) is 32.5 Å². The van der Waals surface area contributed by atoms with Crippen molar-refractivity contribution in [2.75, 3.05) is 13.7 Å². The van der Waals surface area contributed by atoms with Crippen LogP contribution < -0.4 is 16.0 Å². The number of nitrogens with two attached hydrogens (primary N) is 1. The van der Waals surface area contributed by atoms with Crippen molar-refractivity contribution in [3.63, 3.8) is 0 Å². The summed E-state index contributed by atoms with van der Waals surface area (Å²) in [6.07, 6.45) is -0.986. The molecule has 0 aliphatic carbocycles. The first-order valence-electron chi connectivity index (χ1n) is 6.32. The van der Waals surface area contributed by atoms with Crippen molar-refractivity contribution >= 4 is 6.09 Å². The van der Waals surface area contributed by atoms with Crippen LogP contribution in [0.5, 0.6) is 5.75 Å². The Bertz CT molecular complexity index is 443. The molecule has 0 bridgehead atoms. The molecule has 6 nitrogen and oxygen atoms in total. The summed E-state index contributed by atoms with van der Waals surface area (Å²) >= 11 is 0. The Morgan fingerprint density at radius 1 is 1.40 bits per heavy atom. The summed E-state index contributed by atoms with van der Waals surface area (Å²) in [6.45, 7) is 5.60. The summed E-state index contributed by atoms with van der Waals surface area (Å²) in [5.41, 5.74) is 0.266. The van der Waals surface area contributed by atoms with Gasteiger partial charge in [-0.25, -0.2) is 10.7 Å². The topological polar surface area (TPSA) is 82.8 Å². The molecule has 1 amide bonds. The molecule has 1 rings (SSSR count). The second kappa shape index (κ2) is 7.12. The molecular formula is C14H22N2O4. The van der Waals surface area contributed by atoms with Crippen LogP contribution in [0.25, 0.3) is 0 Å². The summed E-state index contributed by atoms with van der Waals surface area (Å²) in [5, 5.41) is 2.62. The highest BCUT2D eigenvalue weighted by Crippen LogP contribution is 2.20. The van der Waals surface area contributed by atoms with E-state index in [9.17, 15) is 4.79 Å². The number of ether oxygens (including phenoxy) is 2. The third kappa shape index (κ3) is 5.46. The lowest BCUT2D eigenvalue weighted by atomic mass is 10.1. The molecule has 6 heteroatoms. The van der Waals surface area contributed by atoms with Crippen molar-refractivity contribution in [3.8, 4) is 5.75 Å².